The maximum Gasteiger partial charge on any atom is 0.244 e. The highest BCUT2D eigenvalue weighted by molar-refractivity contribution is 7.98. The van der Waals surface area contributed by atoms with Crippen LogP contribution in [0.3, 0.4) is 0 Å². The van der Waals surface area contributed by atoms with Crippen LogP contribution in [0.15, 0.2) is 34.3 Å². The Hall–Kier alpha value is -7.22. The van der Waals surface area contributed by atoms with E-state index in [2.05, 4.69) is 88.4 Å². The van der Waals surface area contributed by atoms with E-state index in [1.807, 2.05) is 20.1 Å². The minimum absolute atomic E-state index is 0.0150. The van der Waals surface area contributed by atoms with Crippen LogP contribution in [-0.2, 0) is 59.2 Å². The molecule has 0 aliphatic rings. The quantitative estimate of drug-likeness (QED) is 0.0128. The van der Waals surface area contributed by atoms with Crippen LogP contribution in [0.1, 0.15) is 91.0 Å². The average Bonchev–Trinajstić information content (AvgIpc) is 3.44. The van der Waals surface area contributed by atoms with E-state index in [9.17, 15) is 57.8 Å². The molecule has 0 radical (unpaired) electrons. The molecule has 1 rings (SSSR count). The van der Waals surface area contributed by atoms with E-state index < -0.39 is 120 Å². The second-order valence-electron chi connectivity index (χ2n) is 19.9. The fourth-order valence-electron chi connectivity index (χ4n) is 7.55. The van der Waals surface area contributed by atoms with Crippen molar-refractivity contribution in [1.82, 2.24) is 53.2 Å². The number of primary amides is 1. The minimum atomic E-state index is -1.33. The molecule has 0 fully saturated rings. The molecule has 1 aromatic carbocycles. The lowest BCUT2D eigenvalue weighted by Gasteiger charge is -2.27. The molecule has 11 amide bonds. The summed E-state index contributed by atoms with van der Waals surface area (Å²) in [6.45, 7) is 6.33. The number of thiol groups is 2. The Bertz CT molecular complexity index is 2360. The molecule has 0 heterocycles. The van der Waals surface area contributed by atoms with Crippen molar-refractivity contribution in [3.8, 4) is 5.75 Å². The van der Waals surface area contributed by atoms with E-state index in [-0.39, 0.29) is 106 Å². The number of phenols is 1. The number of hydrogen-bond donors (Lipinski definition) is 18. The highest BCUT2D eigenvalue weighted by Gasteiger charge is 2.33. The first-order valence-electron chi connectivity index (χ1n) is 27.0. The molecule has 21 N–H and O–H groups in total. The largest absolute Gasteiger partial charge is 0.508 e. The summed E-state index contributed by atoms with van der Waals surface area (Å²) in [5.74, 6) is -8.25. The van der Waals surface area contributed by atoms with Gasteiger partial charge in [-0.15, -0.1) is 0 Å². The second-order valence-corrected chi connectivity index (χ2v) is 21.6. The number of nitrogens with zero attached hydrogens (tertiary/aromatic N) is 2. The van der Waals surface area contributed by atoms with Gasteiger partial charge in [0.15, 0.2) is 11.9 Å². The number of hydrogen-bond acceptors (Lipinski definition) is 17. The van der Waals surface area contributed by atoms with Crippen LogP contribution in [0, 0.1) is 11.8 Å². The number of rotatable bonds is 41. The normalized spacial score (nSPS) is 13.4. The second kappa shape index (κ2) is 40.9. The third-order valence-electron chi connectivity index (χ3n) is 12.0. The number of benzene rings is 1. The number of nitrogens with one attached hydrogen (secondary N) is 10. The molecular weight excluding hydrogens is 1140 g/mol. The molecule has 0 bridgehead atoms. The van der Waals surface area contributed by atoms with E-state index in [1.165, 1.54) is 36.0 Å². The first kappa shape index (κ1) is 73.8. The van der Waals surface area contributed by atoms with E-state index in [1.54, 1.807) is 13.8 Å². The Morgan fingerprint density at radius 3 is 1.61 bits per heavy atom. The van der Waals surface area contributed by atoms with Gasteiger partial charge in [-0.2, -0.15) is 37.0 Å². The number of amides is 11. The van der Waals surface area contributed by atoms with Crippen LogP contribution in [0.5, 0.6) is 5.75 Å². The summed E-state index contributed by atoms with van der Waals surface area (Å²) in [7, 11) is 0. The zero-order valence-electron chi connectivity index (χ0n) is 47.8. The SMILES string of the molecule is CSCC[C@H](NC(=O)[C@H](CS)NC(=O)CCCCN=C(N)N)C(=O)N[C@@H](CC(C)C)C(=O)NCC(=O)N[C@@H](CCCN=C(N)N)C(=O)N[C@H](C(=O)N[C@@H](Cc1ccc(O)cc1)C(=O)NCCC(=O)NCCC(=O)N[C@@H](CS)C(N)=O)C(C)C. The summed E-state index contributed by atoms with van der Waals surface area (Å²) in [4.78, 5) is 153. The van der Waals surface area contributed by atoms with Gasteiger partial charge >= 0.3 is 0 Å². The van der Waals surface area contributed by atoms with Gasteiger partial charge in [-0.1, -0.05) is 39.8 Å². The molecule has 1 aromatic rings. The fraction of sp³-hybridized carbons (Fsp3) is 0.627. The maximum absolute atomic E-state index is 14.1. The molecule has 32 heteroatoms. The molecule has 466 valence electrons. The number of aliphatic imine (C=N–C) groups is 2. The number of aromatic hydroxyl groups is 1. The van der Waals surface area contributed by atoms with Gasteiger partial charge in [0, 0.05) is 63.4 Å². The number of carbonyl (C=O) groups excluding carboxylic acids is 11. The third-order valence-corrected chi connectivity index (χ3v) is 13.4. The molecule has 0 aliphatic carbocycles. The predicted molar refractivity (Wildman–Crippen MR) is 322 cm³/mol. The third kappa shape index (κ3) is 32.3. The minimum Gasteiger partial charge on any atom is -0.508 e. The summed E-state index contributed by atoms with van der Waals surface area (Å²) in [6, 6.07) is -2.45. The van der Waals surface area contributed by atoms with Crippen molar-refractivity contribution < 1.29 is 57.8 Å². The monoisotopic (exact) mass is 1230 g/mol. The lowest BCUT2D eigenvalue weighted by Crippen LogP contribution is -2.59. The molecule has 83 heavy (non-hydrogen) atoms. The van der Waals surface area contributed by atoms with E-state index >= 15 is 0 Å². The number of thioether (sulfide) groups is 1. The first-order valence-corrected chi connectivity index (χ1v) is 29.7. The molecule has 0 aromatic heterocycles. The van der Waals surface area contributed by atoms with Gasteiger partial charge in [0.2, 0.25) is 65.0 Å². The van der Waals surface area contributed by atoms with Crippen molar-refractivity contribution in [2.45, 2.75) is 134 Å². The van der Waals surface area contributed by atoms with E-state index in [4.69, 9.17) is 28.7 Å². The Labute approximate surface area is 499 Å². The number of phenolic OH excluding ortho intramolecular Hbond substituents is 1. The fourth-order valence-corrected chi connectivity index (χ4v) is 8.55. The van der Waals surface area contributed by atoms with Crippen LogP contribution in [0.2, 0.25) is 0 Å². The standard InChI is InChI=1S/C51H87N17O12S3/c1-28(2)23-34(66-46(77)33(17-22-83-5)65-48(79)37(27-82)64-39(71)10-6-7-18-59-50(53)54)45(76)61-25-41(73)62-32(9-8-19-60-51(55)56)47(78)68-42(29(3)4)49(80)67-35(24-30-11-13-31(69)14-12-30)44(75)58-21-15-38(70)57-20-16-40(72)63-36(26-81)43(52)74/h11-14,28-29,32-37,42,69,81-82H,6-10,15-27H2,1-5H3,(H2,52,74)(H,57,70)(H,58,75)(H,61,76)(H,62,73)(H,63,72)(H,64,71)(H,65,79)(H,66,77)(H,67,80)(H,68,78)(H4,53,54,59)(H4,55,56,60)/t32-,33-,34-,35-,36-,37-,42-/m0/s1. The molecule has 0 saturated carbocycles. The van der Waals surface area contributed by atoms with Crippen molar-refractivity contribution in [2.75, 3.05) is 56.2 Å². The van der Waals surface area contributed by atoms with Gasteiger partial charge in [-0.25, -0.2) is 0 Å². The van der Waals surface area contributed by atoms with Crippen molar-refractivity contribution in [3.05, 3.63) is 29.8 Å². The Morgan fingerprint density at radius 1 is 0.530 bits per heavy atom. The van der Waals surface area contributed by atoms with Crippen molar-refractivity contribution >= 4 is 114 Å². The molecular formula is C51H87N17O12S3. The number of guanidine groups is 2. The lowest BCUT2D eigenvalue weighted by molar-refractivity contribution is -0.135. The van der Waals surface area contributed by atoms with Crippen LogP contribution < -0.4 is 81.8 Å². The predicted octanol–water partition coefficient (Wildman–Crippen LogP) is -4.25. The zero-order valence-corrected chi connectivity index (χ0v) is 50.4. The van der Waals surface area contributed by atoms with E-state index in [0.717, 1.165) is 0 Å². The molecule has 0 aliphatic heterocycles. The number of unbranched alkanes of at least 4 members (excludes halogenated alkanes) is 1. The topological polar surface area (TPSA) is 483 Å². The molecule has 0 spiro atoms. The van der Waals surface area contributed by atoms with Crippen LogP contribution in [-0.4, -0.2) is 181 Å². The highest BCUT2D eigenvalue weighted by Crippen LogP contribution is 2.14. The smallest absolute Gasteiger partial charge is 0.244 e. The molecule has 0 unspecified atom stereocenters. The highest BCUT2D eigenvalue weighted by atomic mass is 32.2. The van der Waals surface area contributed by atoms with Crippen LogP contribution in [0.4, 0.5) is 0 Å². The summed E-state index contributed by atoms with van der Waals surface area (Å²) < 4.78 is 0. The summed E-state index contributed by atoms with van der Waals surface area (Å²) in [5, 5.41) is 35.8. The van der Waals surface area contributed by atoms with Gasteiger partial charge < -0.3 is 86.9 Å². The molecule has 29 nitrogen and oxygen atoms in total. The Balaban J connectivity index is 3.21. The van der Waals surface area contributed by atoms with Gasteiger partial charge in [0.1, 0.15) is 48.0 Å². The van der Waals surface area contributed by atoms with Gasteiger partial charge in [-0.3, -0.25) is 62.7 Å². The summed E-state index contributed by atoms with van der Waals surface area (Å²) in [6.07, 6.45) is 2.77. The van der Waals surface area contributed by atoms with Gasteiger partial charge in [0.25, 0.3) is 0 Å². The van der Waals surface area contributed by atoms with Gasteiger partial charge in [0.05, 0.1) is 6.54 Å². The Morgan fingerprint density at radius 2 is 1.04 bits per heavy atom. The van der Waals surface area contributed by atoms with Crippen molar-refractivity contribution in [1.29, 1.82) is 0 Å². The first-order chi connectivity index (χ1) is 39.2. The van der Waals surface area contributed by atoms with Crippen LogP contribution in [0.25, 0.3) is 0 Å². The van der Waals surface area contributed by atoms with Gasteiger partial charge in [-0.05, 0) is 80.1 Å². The average molecular weight is 1230 g/mol. The molecule has 7 atom stereocenters. The number of nitrogens with two attached hydrogens (primary N) is 5. The molecule has 0 saturated heterocycles. The lowest BCUT2D eigenvalue weighted by atomic mass is 10.00. The van der Waals surface area contributed by atoms with E-state index in [0.29, 0.717) is 30.7 Å². The van der Waals surface area contributed by atoms with Crippen LogP contribution >= 0.6 is 37.0 Å². The Kier molecular flexibility index (Phi) is 36.4. The summed E-state index contributed by atoms with van der Waals surface area (Å²) >= 11 is 9.62. The zero-order chi connectivity index (χ0) is 62.6. The van der Waals surface area contributed by atoms with Crippen molar-refractivity contribution in [3.63, 3.8) is 0 Å². The number of carbonyl (C=O) groups is 11. The summed E-state index contributed by atoms with van der Waals surface area (Å²) in [5.41, 5.74) is 27.4. The van der Waals surface area contributed by atoms with Crippen molar-refractivity contribution in [2.24, 2.45) is 50.5 Å². The maximum atomic E-state index is 14.1.